The fraction of sp³-hybridized carbons (Fsp3) is 0.500. The molecule has 2 N–H and O–H groups in total. The Morgan fingerprint density at radius 3 is 2.68 bits per heavy atom. The molecule has 0 aromatic heterocycles. The number of carbonyl (C=O) groups is 1. The molecule has 0 aliphatic heterocycles. The van der Waals surface area contributed by atoms with Crippen LogP contribution in [0.2, 0.25) is 0 Å². The number of hydrogen-bond donors (Lipinski definition) is 1. The van der Waals surface area contributed by atoms with Crippen molar-refractivity contribution in [3.8, 4) is 5.75 Å². The molecule has 0 radical (unpaired) electrons. The topological polar surface area (TPSA) is 61.5 Å². The van der Waals surface area contributed by atoms with E-state index in [1.807, 2.05) is 25.1 Å². The molecule has 0 saturated heterocycles. The van der Waals surface area contributed by atoms with E-state index < -0.39 is 0 Å². The molecule has 0 amide bonds. The average molecular weight is 330 g/mol. The molecule has 19 heavy (non-hydrogen) atoms. The maximum Gasteiger partial charge on any atom is 0.305 e. The highest BCUT2D eigenvalue weighted by atomic mass is 79.9. The van der Waals surface area contributed by atoms with Crippen LogP contribution in [-0.4, -0.2) is 19.2 Å². The highest BCUT2D eigenvalue weighted by Gasteiger charge is 2.13. The summed E-state index contributed by atoms with van der Waals surface area (Å²) in [6.07, 6.45) is 0.889. The predicted octanol–water partition coefficient (Wildman–Crippen LogP) is 3.19. The smallest absolute Gasteiger partial charge is 0.305 e. The van der Waals surface area contributed by atoms with Gasteiger partial charge in [0.2, 0.25) is 0 Å². The lowest BCUT2D eigenvalue weighted by Gasteiger charge is -2.14. The summed E-state index contributed by atoms with van der Waals surface area (Å²) in [5, 5.41) is 0. The number of rotatable bonds is 7. The first-order valence-corrected chi connectivity index (χ1v) is 7.21. The van der Waals surface area contributed by atoms with Gasteiger partial charge in [0, 0.05) is 16.9 Å². The fourth-order valence-corrected chi connectivity index (χ4v) is 2.38. The van der Waals surface area contributed by atoms with E-state index in [4.69, 9.17) is 15.2 Å². The van der Waals surface area contributed by atoms with Gasteiger partial charge in [-0.2, -0.15) is 0 Å². The van der Waals surface area contributed by atoms with Crippen LogP contribution in [-0.2, 0) is 9.53 Å². The highest BCUT2D eigenvalue weighted by Crippen LogP contribution is 2.28. The lowest BCUT2D eigenvalue weighted by atomic mass is 10.0. The van der Waals surface area contributed by atoms with Gasteiger partial charge in [0.25, 0.3) is 0 Å². The molecule has 0 aliphatic rings. The molecule has 0 bridgehead atoms. The number of carbonyl (C=O) groups excluding carboxylic acids is 1. The standard InChI is InChI=1S/C14H20BrNO3/c1-3-18-10-5-6-11(12(15)9-10)13(16)7-8-14(17)19-4-2/h5-6,9,13H,3-4,7-8,16H2,1-2H3. The number of benzene rings is 1. The molecular weight excluding hydrogens is 310 g/mol. The third-order valence-corrected chi connectivity index (χ3v) is 3.33. The van der Waals surface area contributed by atoms with Gasteiger partial charge in [0.1, 0.15) is 5.75 Å². The van der Waals surface area contributed by atoms with Gasteiger partial charge < -0.3 is 15.2 Å². The minimum Gasteiger partial charge on any atom is -0.494 e. The molecule has 0 spiro atoms. The van der Waals surface area contributed by atoms with Crippen molar-refractivity contribution in [3.63, 3.8) is 0 Å². The zero-order chi connectivity index (χ0) is 14.3. The maximum atomic E-state index is 11.3. The molecule has 1 aromatic rings. The molecule has 4 nitrogen and oxygen atoms in total. The van der Waals surface area contributed by atoms with Crippen LogP contribution in [0.3, 0.4) is 0 Å². The average Bonchev–Trinajstić information content (AvgIpc) is 2.37. The summed E-state index contributed by atoms with van der Waals surface area (Å²) in [5.74, 6) is 0.593. The summed E-state index contributed by atoms with van der Waals surface area (Å²) >= 11 is 3.48. The van der Waals surface area contributed by atoms with Gasteiger partial charge >= 0.3 is 5.97 Å². The molecule has 0 saturated carbocycles. The Morgan fingerprint density at radius 2 is 2.11 bits per heavy atom. The van der Waals surface area contributed by atoms with Gasteiger partial charge in [-0.05, 0) is 38.0 Å². The quantitative estimate of drug-likeness (QED) is 0.780. The van der Waals surface area contributed by atoms with Gasteiger partial charge in [0.15, 0.2) is 0 Å². The van der Waals surface area contributed by atoms with Crippen molar-refractivity contribution < 1.29 is 14.3 Å². The van der Waals surface area contributed by atoms with Crippen molar-refractivity contribution in [2.24, 2.45) is 5.73 Å². The van der Waals surface area contributed by atoms with Crippen molar-refractivity contribution >= 4 is 21.9 Å². The lowest BCUT2D eigenvalue weighted by molar-refractivity contribution is -0.143. The Hall–Kier alpha value is -1.07. The molecule has 1 atom stereocenters. The lowest BCUT2D eigenvalue weighted by Crippen LogP contribution is -2.14. The summed E-state index contributed by atoms with van der Waals surface area (Å²) in [4.78, 5) is 11.3. The van der Waals surface area contributed by atoms with E-state index in [9.17, 15) is 4.79 Å². The Morgan fingerprint density at radius 1 is 1.37 bits per heavy atom. The van der Waals surface area contributed by atoms with Crippen LogP contribution < -0.4 is 10.5 Å². The van der Waals surface area contributed by atoms with E-state index in [-0.39, 0.29) is 12.0 Å². The molecule has 0 fully saturated rings. The zero-order valence-electron chi connectivity index (χ0n) is 11.3. The van der Waals surface area contributed by atoms with Gasteiger partial charge in [-0.1, -0.05) is 22.0 Å². The Bertz CT molecular complexity index is 423. The Labute approximate surface area is 122 Å². The second kappa shape index (κ2) is 8.17. The molecule has 0 heterocycles. The summed E-state index contributed by atoms with van der Waals surface area (Å²) in [7, 11) is 0. The van der Waals surface area contributed by atoms with Crippen LogP contribution in [0.25, 0.3) is 0 Å². The van der Waals surface area contributed by atoms with Gasteiger partial charge in [-0.15, -0.1) is 0 Å². The van der Waals surface area contributed by atoms with Gasteiger partial charge in [-0.3, -0.25) is 4.79 Å². The highest BCUT2D eigenvalue weighted by molar-refractivity contribution is 9.10. The summed E-state index contributed by atoms with van der Waals surface area (Å²) in [6.45, 7) is 4.76. The van der Waals surface area contributed by atoms with Crippen LogP contribution in [0.1, 0.15) is 38.3 Å². The van der Waals surface area contributed by atoms with E-state index in [0.717, 1.165) is 15.8 Å². The monoisotopic (exact) mass is 329 g/mol. The Balaban J connectivity index is 2.61. The third kappa shape index (κ3) is 5.20. The van der Waals surface area contributed by atoms with E-state index in [1.54, 1.807) is 6.92 Å². The normalized spacial score (nSPS) is 12.0. The van der Waals surface area contributed by atoms with Crippen LogP contribution in [0.15, 0.2) is 22.7 Å². The first kappa shape index (κ1) is 16.0. The van der Waals surface area contributed by atoms with Crippen molar-refractivity contribution in [2.45, 2.75) is 32.7 Å². The van der Waals surface area contributed by atoms with E-state index in [2.05, 4.69) is 15.9 Å². The van der Waals surface area contributed by atoms with Crippen molar-refractivity contribution in [2.75, 3.05) is 13.2 Å². The summed E-state index contributed by atoms with van der Waals surface area (Å²) < 4.78 is 11.2. The fourth-order valence-electron chi connectivity index (χ4n) is 1.73. The van der Waals surface area contributed by atoms with E-state index in [1.165, 1.54) is 0 Å². The number of hydrogen-bond acceptors (Lipinski definition) is 4. The first-order chi connectivity index (χ1) is 9.08. The number of ether oxygens (including phenoxy) is 2. The summed E-state index contributed by atoms with van der Waals surface area (Å²) in [6, 6.07) is 5.50. The van der Waals surface area contributed by atoms with Gasteiger partial charge in [-0.25, -0.2) is 0 Å². The minimum atomic E-state index is -0.208. The predicted molar refractivity (Wildman–Crippen MR) is 78.1 cm³/mol. The van der Waals surface area contributed by atoms with Crippen molar-refractivity contribution in [3.05, 3.63) is 28.2 Å². The molecule has 0 aliphatic carbocycles. The molecule has 5 heteroatoms. The summed E-state index contributed by atoms with van der Waals surface area (Å²) in [5.41, 5.74) is 7.05. The maximum absolute atomic E-state index is 11.3. The minimum absolute atomic E-state index is 0.200. The zero-order valence-corrected chi connectivity index (χ0v) is 12.9. The van der Waals surface area contributed by atoms with Crippen LogP contribution in [0.5, 0.6) is 5.75 Å². The third-order valence-electron chi connectivity index (χ3n) is 2.65. The molecular formula is C14H20BrNO3. The molecule has 1 aromatic carbocycles. The first-order valence-electron chi connectivity index (χ1n) is 6.41. The van der Waals surface area contributed by atoms with Crippen LogP contribution in [0.4, 0.5) is 0 Å². The number of nitrogens with two attached hydrogens (primary N) is 1. The number of esters is 1. The van der Waals surface area contributed by atoms with Crippen molar-refractivity contribution in [1.82, 2.24) is 0 Å². The van der Waals surface area contributed by atoms with E-state index >= 15 is 0 Å². The molecule has 1 unspecified atom stereocenters. The molecule has 106 valence electrons. The van der Waals surface area contributed by atoms with Gasteiger partial charge in [0.05, 0.1) is 13.2 Å². The van der Waals surface area contributed by atoms with Crippen molar-refractivity contribution in [1.29, 1.82) is 0 Å². The second-order valence-electron chi connectivity index (χ2n) is 4.07. The second-order valence-corrected chi connectivity index (χ2v) is 4.92. The Kier molecular flexibility index (Phi) is 6.87. The largest absolute Gasteiger partial charge is 0.494 e. The van der Waals surface area contributed by atoms with Crippen LogP contribution >= 0.6 is 15.9 Å². The number of halogens is 1. The van der Waals surface area contributed by atoms with Crippen LogP contribution in [0, 0.1) is 0 Å². The molecule has 1 rings (SSSR count). The van der Waals surface area contributed by atoms with E-state index in [0.29, 0.717) is 26.1 Å². The SMILES string of the molecule is CCOC(=O)CCC(N)c1ccc(OCC)cc1Br.